The Morgan fingerprint density at radius 2 is 1.69 bits per heavy atom. The van der Waals surface area contributed by atoms with Crippen molar-refractivity contribution in [3.05, 3.63) is 48.4 Å². The van der Waals surface area contributed by atoms with Crippen LogP contribution in [-0.2, 0) is 14.3 Å². The SMILES string of the molecule is O=C(OCC(=O)N1CCN(C(=O)c2ccco2)CC1)[C@@H]1COc2ccccc2O1. The van der Waals surface area contributed by atoms with E-state index < -0.39 is 12.1 Å². The average Bonchev–Trinajstić information content (AvgIpc) is 3.31. The largest absolute Gasteiger partial charge is 0.485 e. The summed E-state index contributed by atoms with van der Waals surface area (Å²) in [6.45, 7) is 1.13. The van der Waals surface area contributed by atoms with E-state index in [1.165, 1.54) is 6.26 Å². The molecule has 0 aliphatic carbocycles. The first-order chi connectivity index (χ1) is 14.1. The number of fused-ring (bicyclic) bond motifs is 1. The number of ether oxygens (including phenoxy) is 3. The van der Waals surface area contributed by atoms with E-state index in [-0.39, 0.29) is 30.8 Å². The van der Waals surface area contributed by atoms with E-state index >= 15 is 0 Å². The average molecular weight is 400 g/mol. The molecule has 1 atom stereocenters. The lowest BCUT2D eigenvalue weighted by molar-refractivity contribution is -0.160. The zero-order chi connectivity index (χ0) is 20.2. The van der Waals surface area contributed by atoms with Gasteiger partial charge in [-0.25, -0.2) is 4.79 Å². The lowest BCUT2D eigenvalue weighted by atomic mass is 10.2. The molecule has 0 radical (unpaired) electrons. The van der Waals surface area contributed by atoms with Gasteiger partial charge in [0.2, 0.25) is 6.10 Å². The van der Waals surface area contributed by atoms with Crippen molar-refractivity contribution in [2.75, 3.05) is 39.4 Å². The second-order valence-corrected chi connectivity index (χ2v) is 6.62. The molecule has 1 saturated heterocycles. The van der Waals surface area contributed by atoms with Gasteiger partial charge in [0.15, 0.2) is 23.9 Å². The zero-order valence-corrected chi connectivity index (χ0v) is 15.6. The van der Waals surface area contributed by atoms with Crippen LogP contribution in [0.1, 0.15) is 10.6 Å². The van der Waals surface area contributed by atoms with E-state index in [0.29, 0.717) is 37.7 Å². The Balaban J connectivity index is 1.22. The maximum atomic E-state index is 12.3. The van der Waals surface area contributed by atoms with Crippen LogP contribution in [0.5, 0.6) is 11.5 Å². The zero-order valence-electron chi connectivity index (χ0n) is 15.6. The molecule has 1 aromatic carbocycles. The molecule has 3 heterocycles. The van der Waals surface area contributed by atoms with Crippen molar-refractivity contribution >= 4 is 17.8 Å². The molecule has 0 bridgehead atoms. The van der Waals surface area contributed by atoms with Crippen LogP contribution in [0.2, 0.25) is 0 Å². The lowest BCUT2D eigenvalue weighted by Gasteiger charge is -2.34. The highest BCUT2D eigenvalue weighted by atomic mass is 16.6. The van der Waals surface area contributed by atoms with Crippen molar-refractivity contribution in [3.8, 4) is 11.5 Å². The lowest BCUT2D eigenvalue weighted by Crippen LogP contribution is -2.51. The third-order valence-corrected chi connectivity index (χ3v) is 4.76. The predicted molar refractivity (Wildman–Crippen MR) is 98.5 cm³/mol. The molecule has 0 spiro atoms. The molecular formula is C20H20N2O7. The van der Waals surface area contributed by atoms with Gasteiger partial charge in [-0.2, -0.15) is 0 Å². The molecule has 1 aromatic heterocycles. The van der Waals surface area contributed by atoms with Crippen LogP contribution in [0.4, 0.5) is 0 Å². The van der Waals surface area contributed by atoms with Crippen molar-refractivity contribution in [3.63, 3.8) is 0 Å². The molecule has 0 N–H and O–H groups in total. The van der Waals surface area contributed by atoms with Crippen LogP contribution < -0.4 is 9.47 Å². The molecule has 9 heteroatoms. The fourth-order valence-corrected chi connectivity index (χ4v) is 3.17. The third kappa shape index (κ3) is 4.18. The van der Waals surface area contributed by atoms with Crippen LogP contribution in [0.3, 0.4) is 0 Å². The maximum absolute atomic E-state index is 12.3. The van der Waals surface area contributed by atoms with E-state index in [1.807, 2.05) is 0 Å². The molecule has 2 aliphatic heterocycles. The van der Waals surface area contributed by atoms with Crippen LogP contribution >= 0.6 is 0 Å². The van der Waals surface area contributed by atoms with Crippen LogP contribution in [0.25, 0.3) is 0 Å². The number of furan rings is 1. The summed E-state index contributed by atoms with van der Waals surface area (Å²) in [6, 6.07) is 10.3. The number of benzene rings is 1. The topological polar surface area (TPSA) is 98.5 Å². The Morgan fingerprint density at radius 1 is 0.966 bits per heavy atom. The van der Waals surface area contributed by atoms with Crippen LogP contribution in [0.15, 0.2) is 47.1 Å². The van der Waals surface area contributed by atoms with Gasteiger partial charge in [-0.3, -0.25) is 9.59 Å². The molecular weight excluding hydrogens is 380 g/mol. The standard InChI is InChI=1S/C20H20N2O7/c23-18(21-7-9-22(10-8-21)19(24)16-6-3-11-26-16)13-28-20(25)17-12-27-14-4-1-2-5-15(14)29-17/h1-6,11,17H,7-10,12-13H2/t17-/m0/s1. The second-order valence-electron chi connectivity index (χ2n) is 6.62. The van der Waals surface area contributed by atoms with Crippen LogP contribution in [0, 0.1) is 0 Å². The smallest absolute Gasteiger partial charge is 0.351 e. The summed E-state index contributed by atoms with van der Waals surface area (Å²) < 4.78 is 21.3. The number of para-hydroxylation sites is 2. The highest BCUT2D eigenvalue weighted by Gasteiger charge is 2.30. The highest BCUT2D eigenvalue weighted by Crippen LogP contribution is 2.31. The molecule has 2 aromatic rings. The maximum Gasteiger partial charge on any atom is 0.351 e. The van der Waals surface area contributed by atoms with E-state index in [9.17, 15) is 14.4 Å². The quantitative estimate of drug-likeness (QED) is 0.705. The minimum atomic E-state index is -0.916. The molecule has 4 rings (SSSR count). The highest BCUT2D eigenvalue weighted by molar-refractivity contribution is 5.91. The number of nitrogens with zero attached hydrogens (tertiary/aromatic N) is 2. The van der Waals surface area contributed by atoms with Gasteiger partial charge < -0.3 is 28.4 Å². The number of amides is 2. The number of piperazine rings is 1. The van der Waals surface area contributed by atoms with E-state index in [4.69, 9.17) is 18.6 Å². The molecule has 9 nitrogen and oxygen atoms in total. The molecule has 0 unspecified atom stereocenters. The number of carbonyl (C=O) groups is 3. The van der Waals surface area contributed by atoms with E-state index in [2.05, 4.69) is 0 Å². The van der Waals surface area contributed by atoms with Gasteiger partial charge in [-0.1, -0.05) is 12.1 Å². The summed E-state index contributed by atoms with van der Waals surface area (Å²) in [5, 5.41) is 0. The minimum absolute atomic E-state index is 0.0254. The second kappa shape index (κ2) is 8.26. The van der Waals surface area contributed by atoms with E-state index in [0.717, 1.165) is 0 Å². The van der Waals surface area contributed by atoms with Crippen molar-refractivity contribution < 1.29 is 33.0 Å². The summed E-state index contributed by atoms with van der Waals surface area (Å²) in [7, 11) is 0. The molecule has 152 valence electrons. The Morgan fingerprint density at radius 3 is 2.41 bits per heavy atom. The summed E-state index contributed by atoms with van der Waals surface area (Å²) in [6.07, 6.45) is 0.529. The Bertz CT molecular complexity index is 888. The van der Waals surface area contributed by atoms with E-state index in [1.54, 1.807) is 46.2 Å². The van der Waals surface area contributed by atoms with Crippen molar-refractivity contribution in [2.45, 2.75) is 6.10 Å². The number of rotatable bonds is 4. The van der Waals surface area contributed by atoms with Crippen molar-refractivity contribution in [1.29, 1.82) is 0 Å². The molecule has 2 amide bonds. The first-order valence-electron chi connectivity index (χ1n) is 9.27. The summed E-state index contributed by atoms with van der Waals surface area (Å²) >= 11 is 0. The molecule has 0 saturated carbocycles. The number of hydrogen-bond donors (Lipinski definition) is 0. The summed E-state index contributed by atoms with van der Waals surface area (Å²) in [4.78, 5) is 40.0. The van der Waals surface area contributed by atoms with Gasteiger partial charge in [0.25, 0.3) is 11.8 Å². The first-order valence-corrected chi connectivity index (χ1v) is 9.27. The van der Waals surface area contributed by atoms with Gasteiger partial charge >= 0.3 is 5.97 Å². The third-order valence-electron chi connectivity index (χ3n) is 4.76. The summed E-state index contributed by atoms with van der Waals surface area (Å²) in [5.74, 6) is 0.122. The van der Waals surface area contributed by atoms with Gasteiger partial charge in [-0.05, 0) is 24.3 Å². The number of hydrogen-bond acceptors (Lipinski definition) is 7. The Kier molecular flexibility index (Phi) is 5.37. The van der Waals surface area contributed by atoms with Gasteiger partial charge in [-0.15, -0.1) is 0 Å². The van der Waals surface area contributed by atoms with Crippen molar-refractivity contribution in [2.24, 2.45) is 0 Å². The van der Waals surface area contributed by atoms with Crippen LogP contribution in [-0.4, -0.2) is 73.1 Å². The first kappa shape index (κ1) is 18.9. The monoisotopic (exact) mass is 400 g/mol. The fraction of sp³-hybridized carbons (Fsp3) is 0.350. The van der Waals surface area contributed by atoms with Crippen molar-refractivity contribution in [1.82, 2.24) is 9.80 Å². The Labute approximate surface area is 166 Å². The molecule has 2 aliphatic rings. The normalized spacial score (nSPS) is 18.3. The molecule has 1 fully saturated rings. The predicted octanol–water partition coefficient (Wildman–Crippen LogP) is 0.947. The minimum Gasteiger partial charge on any atom is -0.485 e. The molecule has 29 heavy (non-hydrogen) atoms. The number of carbonyl (C=O) groups excluding carboxylic acids is 3. The Hall–Kier alpha value is -3.49. The fourth-order valence-electron chi connectivity index (χ4n) is 3.17. The van der Waals surface area contributed by atoms with Gasteiger partial charge in [0, 0.05) is 26.2 Å². The van der Waals surface area contributed by atoms with Gasteiger partial charge in [0.1, 0.15) is 6.61 Å². The summed E-state index contributed by atoms with van der Waals surface area (Å²) in [5.41, 5.74) is 0. The van der Waals surface area contributed by atoms with Gasteiger partial charge in [0.05, 0.1) is 6.26 Å². The number of esters is 1.